The van der Waals surface area contributed by atoms with Crippen molar-refractivity contribution in [1.29, 1.82) is 0 Å². The maximum atomic E-state index is 12.5. The lowest BCUT2D eigenvalue weighted by Crippen LogP contribution is -2.03. The lowest BCUT2D eigenvalue weighted by atomic mass is 10.0. The summed E-state index contributed by atoms with van der Waals surface area (Å²) >= 11 is 0. The van der Waals surface area contributed by atoms with Gasteiger partial charge in [0.15, 0.2) is 5.78 Å². The van der Waals surface area contributed by atoms with Crippen molar-refractivity contribution in [3.8, 4) is 0 Å². The maximum absolute atomic E-state index is 12.5. The highest BCUT2D eigenvalue weighted by Crippen LogP contribution is 2.25. The topological polar surface area (TPSA) is 55.1 Å². The Labute approximate surface area is 129 Å². The first kappa shape index (κ1) is 13.9. The Morgan fingerprint density at radius 1 is 0.773 bits per heavy atom. The molecule has 0 heterocycles. The van der Waals surface area contributed by atoms with E-state index in [1.165, 1.54) is 0 Å². The first-order valence-corrected chi connectivity index (χ1v) is 7.05. The smallest absolute Gasteiger partial charge is 0.193 e. The van der Waals surface area contributed by atoms with E-state index in [0.29, 0.717) is 16.8 Å². The van der Waals surface area contributed by atoms with Gasteiger partial charge >= 0.3 is 0 Å². The summed E-state index contributed by atoms with van der Waals surface area (Å²) in [7, 11) is 0. The van der Waals surface area contributed by atoms with Gasteiger partial charge in [0, 0.05) is 16.8 Å². The number of ketones is 1. The first-order chi connectivity index (χ1) is 10.7. The second kappa shape index (κ2) is 6.14. The van der Waals surface area contributed by atoms with Gasteiger partial charge in [0.1, 0.15) is 0 Å². The summed E-state index contributed by atoms with van der Waals surface area (Å²) in [6, 6.07) is 24.2. The van der Waals surface area contributed by atoms with Crippen molar-refractivity contribution in [2.75, 3.05) is 11.1 Å². The van der Waals surface area contributed by atoms with Crippen LogP contribution in [0, 0.1) is 0 Å². The van der Waals surface area contributed by atoms with E-state index >= 15 is 0 Å². The van der Waals surface area contributed by atoms with Crippen LogP contribution in [0.4, 0.5) is 17.1 Å². The molecular formula is C19H16N2O. The summed E-state index contributed by atoms with van der Waals surface area (Å²) in [5.74, 6) is -0.0169. The molecule has 0 radical (unpaired) electrons. The molecule has 3 aromatic rings. The van der Waals surface area contributed by atoms with Gasteiger partial charge in [0.05, 0.1) is 11.4 Å². The standard InChI is InChI=1S/C19H16N2O/c20-17-12-11-15(19(22)14-7-3-1-4-8-14)13-18(17)21-16-9-5-2-6-10-16/h1-13,21H,20H2. The molecule has 3 rings (SSSR count). The third-order valence-electron chi connectivity index (χ3n) is 3.40. The number of para-hydroxylation sites is 1. The van der Waals surface area contributed by atoms with Crippen LogP contribution in [0.5, 0.6) is 0 Å². The van der Waals surface area contributed by atoms with Crippen LogP contribution >= 0.6 is 0 Å². The lowest BCUT2D eigenvalue weighted by molar-refractivity contribution is 0.103. The van der Waals surface area contributed by atoms with Gasteiger partial charge in [-0.1, -0.05) is 48.5 Å². The molecule has 22 heavy (non-hydrogen) atoms. The number of benzene rings is 3. The molecule has 108 valence electrons. The Morgan fingerprint density at radius 2 is 1.41 bits per heavy atom. The average molecular weight is 288 g/mol. The number of rotatable bonds is 4. The molecular weight excluding hydrogens is 272 g/mol. The van der Waals surface area contributed by atoms with E-state index in [1.54, 1.807) is 18.2 Å². The average Bonchev–Trinajstić information content (AvgIpc) is 2.58. The van der Waals surface area contributed by atoms with Gasteiger partial charge in [0.2, 0.25) is 0 Å². The predicted molar refractivity (Wildman–Crippen MR) is 90.5 cm³/mol. The first-order valence-electron chi connectivity index (χ1n) is 7.05. The minimum atomic E-state index is -0.0169. The van der Waals surface area contributed by atoms with E-state index in [9.17, 15) is 4.79 Å². The van der Waals surface area contributed by atoms with Crippen LogP contribution in [0.2, 0.25) is 0 Å². The SMILES string of the molecule is Nc1ccc(C(=O)c2ccccc2)cc1Nc1ccccc1. The van der Waals surface area contributed by atoms with Gasteiger partial charge < -0.3 is 11.1 Å². The molecule has 3 nitrogen and oxygen atoms in total. The summed E-state index contributed by atoms with van der Waals surface area (Å²) in [5, 5.41) is 3.24. The fraction of sp³-hybridized carbons (Fsp3) is 0. The summed E-state index contributed by atoms with van der Waals surface area (Å²) in [6.07, 6.45) is 0. The van der Waals surface area contributed by atoms with Crippen LogP contribution in [0.25, 0.3) is 0 Å². The van der Waals surface area contributed by atoms with Crippen molar-refractivity contribution in [1.82, 2.24) is 0 Å². The second-order valence-electron chi connectivity index (χ2n) is 4.99. The monoisotopic (exact) mass is 288 g/mol. The number of carbonyl (C=O) groups is 1. The fourth-order valence-corrected chi connectivity index (χ4v) is 2.24. The molecule has 0 saturated carbocycles. The van der Waals surface area contributed by atoms with Crippen LogP contribution in [0.15, 0.2) is 78.9 Å². The quantitative estimate of drug-likeness (QED) is 0.557. The van der Waals surface area contributed by atoms with Crippen LogP contribution in [-0.4, -0.2) is 5.78 Å². The number of hydrogen-bond donors (Lipinski definition) is 2. The van der Waals surface area contributed by atoms with Gasteiger partial charge in [-0.05, 0) is 30.3 Å². The number of anilines is 3. The number of hydrogen-bond acceptors (Lipinski definition) is 3. The van der Waals surface area contributed by atoms with E-state index < -0.39 is 0 Å². The van der Waals surface area contributed by atoms with Gasteiger partial charge in [-0.25, -0.2) is 0 Å². The molecule has 0 spiro atoms. The molecule has 3 N–H and O–H groups in total. The van der Waals surface area contributed by atoms with Crippen LogP contribution < -0.4 is 11.1 Å². The molecule has 0 unspecified atom stereocenters. The lowest BCUT2D eigenvalue weighted by Gasteiger charge is -2.11. The fourth-order valence-electron chi connectivity index (χ4n) is 2.24. The van der Waals surface area contributed by atoms with Gasteiger partial charge in [-0.2, -0.15) is 0 Å². The van der Waals surface area contributed by atoms with Gasteiger partial charge in [-0.15, -0.1) is 0 Å². The zero-order valence-electron chi connectivity index (χ0n) is 12.0. The largest absolute Gasteiger partial charge is 0.397 e. The normalized spacial score (nSPS) is 10.2. The molecule has 0 aromatic heterocycles. The van der Waals surface area contributed by atoms with Gasteiger partial charge in [-0.3, -0.25) is 4.79 Å². The van der Waals surface area contributed by atoms with Crippen LogP contribution in [0.1, 0.15) is 15.9 Å². The molecule has 0 aliphatic heterocycles. The molecule has 0 aliphatic carbocycles. The molecule has 3 heteroatoms. The minimum Gasteiger partial charge on any atom is -0.397 e. The number of nitrogen functional groups attached to an aromatic ring is 1. The zero-order valence-corrected chi connectivity index (χ0v) is 12.0. The Bertz CT molecular complexity index is 783. The Kier molecular flexibility index (Phi) is 3.88. The Balaban J connectivity index is 1.91. The van der Waals surface area contributed by atoms with Crippen molar-refractivity contribution in [3.05, 3.63) is 90.0 Å². The van der Waals surface area contributed by atoms with E-state index in [-0.39, 0.29) is 5.78 Å². The van der Waals surface area contributed by atoms with E-state index in [0.717, 1.165) is 11.4 Å². The van der Waals surface area contributed by atoms with Crippen LogP contribution in [0.3, 0.4) is 0 Å². The Morgan fingerprint density at radius 3 is 2.09 bits per heavy atom. The van der Waals surface area contributed by atoms with E-state index in [2.05, 4.69) is 5.32 Å². The number of nitrogens with one attached hydrogen (secondary N) is 1. The van der Waals surface area contributed by atoms with Gasteiger partial charge in [0.25, 0.3) is 0 Å². The van der Waals surface area contributed by atoms with Crippen molar-refractivity contribution in [2.24, 2.45) is 0 Å². The molecule has 3 aromatic carbocycles. The zero-order chi connectivity index (χ0) is 15.4. The molecule has 0 atom stereocenters. The molecule has 0 bridgehead atoms. The van der Waals surface area contributed by atoms with Crippen molar-refractivity contribution in [2.45, 2.75) is 0 Å². The highest BCUT2D eigenvalue weighted by molar-refractivity contribution is 6.09. The highest BCUT2D eigenvalue weighted by Gasteiger charge is 2.10. The number of nitrogens with two attached hydrogens (primary N) is 1. The summed E-state index contributed by atoms with van der Waals surface area (Å²) < 4.78 is 0. The third kappa shape index (κ3) is 2.99. The maximum Gasteiger partial charge on any atom is 0.193 e. The van der Waals surface area contributed by atoms with Crippen molar-refractivity contribution < 1.29 is 4.79 Å². The second-order valence-corrected chi connectivity index (χ2v) is 4.99. The third-order valence-corrected chi connectivity index (χ3v) is 3.40. The summed E-state index contributed by atoms with van der Waals surface area (Å²) in [5.41, 5.74) is 9.54. The van der Waals surface area contributed by atoms with E-state index in [4.69, 9.17) is 5.73 Å². The summed E-state index contributed by atoms with van der Waals surface area (Å²) in [4.78, 5) is 12.5. The number of carbonyl (C=O) groups excluding carboxylic acids is 1. The molecule has 0 amide bonds. The van der Waals surface area contributed by atoms with Crippen LogP contribution in [-0.2, 0) is 0 Å². The highest BCUT2D eigenvalue weighted by atomic mass is 16.1. The predicted octanol–water partition coefficient (Wildman–Crippen LogP) is 4.24. The van der Waals surface area contributed by atoms with Crippen molar-refractivity contribution >= 4 is 22.8 Å². The minimum absolute atomic E-state index is 0.0169. The molecule has 0 saturated heterocycles. The van der Waals surface area contributed by atoms with Crippen molar-refractivity contribution in [3.63, 3.8) is 0 Å². The molecule has 0 aliphatic rings. The van der Waals surface area contributed by atoms with E-state index in [1.807, 2.05) is 60.7 Å². The Hall–Kier alpha value is -3.07. The summed E-state index contributed by atoms with van der Waals surface area (Å²) in [6.45, 7) is 0. The molecule has 0 fully saturated rings.